The van der Waals surface area contributed by atoms with Gasteiger partial charge in [0.15, 0.2) is 6.10 Å². The summed E-state index contributed by atoms with van der Waals surface area (Å²) < 4.78 is 16.3. The number of ketones is 1. The van der Waals surface area contributed by atoms with E-state index in [1.807, 2.05) is 13.8 Å². The summed E-state index contributed by atoms with van der Waals surface area (Å²) in [7, 11) is 0. The SMILES string of the molecule is CC(=O)N1CCc2cc(C(=O)C(C)OC(=O)Cc3ccc(OCc4c(C)noc4C)cc3)ccc21. The van der Waals surface area contributed by atoms with Crippen molar-refractivity contribution in [2.75, 3.05) is 11.4 Å². The van der Waals surface area contributed by atoms with Crippen molar-refractivity contribution < 1.29 is 28.4 Å². The maximum Gasteiger partial charge on any atom is 0.310 e. The Balaban J connectivity index is 1.30. The van der Waals surface area contributed by atoms with Crippen LogP contribution in [0.15, 0.2) is 47.0 Å². The van der Waals surface area contributed by atoms with Crippen LogP contribution in [-0.2, 0) is 33.8 Å². The number of benzene rings is 2. The van der Waals surface area contributed by atoms with E-state index in [1.54, 1.807) is 54.3 Å². The number of amides is 1. The molecule has 0 aliphatic carbocycles. The maximum absolute atomic E-state index is 12.8. The van der Waals surface area contributed by atoms with Crippen LogP contribution in [0.2, 0.25) is 0 Å². The van der Waals surface area contributed by atoms with Gasteiger partial charge in [0.2, 0.25) is 11.7 Å². The molecule has 1 atom stereocenters. The van der Waals surface area contributed by atoms with Crippen LogP contribution in [0.3, 0.4) is 0 Å². The van der Waals surface area contributed by atoms with E-state index in [2.05, 4.69) is 5.16 Å². The fourth-order valence-corrected chi connectivity index (χ4v) is 4.14. The zero-order chi connectivity index (χ0) is 25.1. The van der Waals surface area contributed by atoms with E-state index >= 15 is 0 Å². The molecule has 1 amide bonds. The average molecular weight is 477 g/mol. The molecular weight excluding hydrogens is 448 g/mol. The third-order valence-corrected chi connectivity index (χ3v) is 6.15. The van der Waals surface area contributed by atoms with Gasteiger partial charge in [0.05, 0.1) is 17.7 Å². The Labute approximate surface area is 203 Å². The molecular formula is C27H28N2O6. The third-order valence-electron chi connectivity index (χ3n) is 6.15. The lowest BCUT2D eigenvalue weighted by molar-refractivity contribution is -0.145. The molecule has 0 radical (unpaired) electrons. The van der Waals surface area contributed by atoms with E-state index in [4.69, 9.17) is 14.0 Å². The smallest absolute Gasteiger partial charge is 0.310 e. The number of hydrogen-bond donors (Lipinski definition) is 0. The van der Waals surface area contributed by atoms with Gasteiger partial charge >= 0.3 is 5.97 Å². The number of hydrogen-bond acceptors (Lipinski definition) is 7. The van der Waals surface area contributed by atoms with E-state index in [0.717, 1.165) is 33.8 Å². The van der Waals surface area contributed by atoms with Crippen molar-refractivity contribution in [3.63, 3.8) is 0 Å². The number of anilines is 1. The molecule has 1 aromatic heterocycles. The number of fused-ring (bicyclic) bond motifs is 1. The molecule has 182 valence electrons. The number of nitrogens with zero attached hydrogens (tertiary/aromatic N) is 2. The second-order valence-corrected chi connectivity index (χ2v) is 8.67. The second-order valence-electron chi connectivity index (χ2n) is 8.67. The fourth-order valence-electron chi connectivity index (χ4n) is 4.14. The molecule has 8 heteroatoms. The largest absolute Gasteiger partial charge is 0.489 e. The van der Waals surface area contributed by atoms with Gasteiger partial charge in [0.1, 0.15) is 18.1 Å². The number of carbonyl (C=O) groups is 3. The van der Waals surface area contributed by atoms with Crippen molar-refractivity contribution >= 4 is 23.3 Å². The highest BCUT2D eigenvalue weighted by Crippen LogP contribution is 2.29. The predicted molar refractivity (Wildman–Crippen MR) is 129 cm³/mol. The van der Waals surface area contributed by atoms with Gasteiger partial charge in [-0.05, 0) is 68.7 Å². The Morgan fingerprint density at radius 1 is 1.11 bits per heavy atom. The standard InChI is InChI=1S/C27H28N2O6/c1-16-24(17(2)35-28-16)15-33-23-8-5-20(6-9-23)13-26(31)34-18(3)27(32)22-7-10-25-21(14-22)11-12-29(25)19(4)30/h5-10,14,18H,11-13,15H2,1-4H3. The van der Waals surface area contributed by atoms with Crippen LogP contribution >= 0.6 is 0 Å². The highest BCUT2D eigenvalue weighted by atomic mass is 16.5. The zero-order valence-corrected chi connectivity index (χ0v) is 20.3. The Morgan fingerprint density at radius 2 is 1.86 bits per heavy atom. The first-order valence-electron chi connectivity index (χ1n) is 11.5. The fraction of sp³-hybridized carbons (Fsp3) is 0.333. The van der Waals surface area contributed by atoms with Crippen LogP contribution < -0.4 is 9.64 Å². The number of ether oxygens (including phenoxy) is 2. The minimum atomic E-state index is -0.913. The first-order valence-corrected chi connectivity index (χ1v) is 11.5. The van der Waals surface area contributed by atoms with E-state index in [-0.39, 0.29) is 18.1 Å². The molecule has 35 heavy (non-hydrogen) atoms. The Kier molecular flexibility index (Phi) is 7.00. The minimum absolute atomic E-state index is 0.0230. The first-order chi connectivity index (χ1) is 16.7. The summed E-state index contributed by atoms with van der Waals surface area (Å²) in [5, 5.41) is 3.91. The number of aryl methyl sites for hydroxylation is 2. The van der Waals surface area contributed by atoms with Crippen LogP contribution in [0, 0.1) is 13.8 Å². The van der Waals surface area contributed by atoms with Gasteiger partial charge in [0.25, 0.3) is 0 Å². The normalized spacial score (nSPS) is 13.3. The van der Waals surface area contributed by atoms with Crippen molar-refractivity contribution in [3.05, 3.63) is 76.2 Å². The summed E-state index contributed by atoms with van der Waals surface area (Å²) in [5.74, 6) is 0.601. The number of rotatable bonds is 8. The molecule has 3 aromatic rings. The Morgan fingerprint density at radius 3 is 2.51 bits per heavy atom. The molecule has 1 unspecified atom stereocenters. The molecule has 0 N–H and O–H groups in total. The van der Waals surface area contributed by atoms with Gasteiger partial charge in [0, 0.05) is 24.7 Å². The molecule has 8 nitrogen and oxygen atoms in total. The molecule has 4 rings (SSSR count). The van der Waals surface area contributed by atoms with Gasteiger partial charge in [-0.3, -0.25) is 14.4 Å². The number of esters is 1. The Bertz CT molecular complexity index is 1240. The Hall–Kier alpha value is -3.94. The number of carbonyl (C=O) groups excluding carboxylic acids is 3. The molecule has 0 saturated heterocycles. The van der Waals surface area contributed by atoms with E-state index in [0.29, 0.717) is 30.9 Å². The lowest BCUT2D eigenvalue weighted by Gasteiger charge is -2.16. The molecule has 0 bridgehead atoms. The van der Waals surface area contributed by atoms with Crippen molar-refractivity contribution in [1.29, 1.82) is 0 Å². The lowest BCUT2D eigenvalue weighted by atomic mass is 10.0. The van der Waals surface area contributed by atoms with Crippen LogP contribution in [0.5, 0.6) is 5.75 Å². The quantitative estimate of drug-likeness (QED) is 0.356. The summed E-state index contributed by atoms with van der Waals surface area (Å²) in [4.78, 5) is 38.7. The number of Topliss-reactive ketones (excluding diaryl/α,β-unsaturated/α-hetero) is 1. The summed E-state index contributed by atoms with van der Waals surface area (Å²) in [6.07, 6.45) is -0.176. The summed E-state index contributed by atoms with van der Waals surface area (Å²) in [6.45, 7) is 7.75. The molecule has 0 fully saturated rings. The number of aromatic nitrogens is 1. The van der Waals surface area contributed by atoms with E-state index in [9.17, 15) is 14.4 Å². The van der Waals surface area contributed by atoms with Crippen LogP contribution in [0.1, 0.15) is 52.3 Å². The molecule has 0 saturated carbocycles. The van der Waals surface area contributed by atoms with Gasteiger partial charge in [-0.2, -0.15) is 0 Å². The zero-order valence-electron chi connectivity index (χ0n) is 20.3. The lowest BCUT2D eigenvalue weighted by Crippen LogP contribution is -2.26. The van der Waals surface area contributed by atoms with Crippen molar-refractivity contribution in [2.24, 2.45) is 0 Å². The van der Waals surface area contributed by atoms with Gasteiger partial charge in [-0.15, -0.1) is 0 Å². The van der Waals surface area contributed by atoms with E-state index in [1.165, 1.54) is 6.92 Å². The molecule has 0 spiro atoms. The van der Waals surface area contributed by atoms with Crippen LogP contribution in [-0.4, -0.2) is 35.5 Å². The van der Waals surface area contributed by atoms with Gasteiger partial charge in [-0.25, -0.2) is 0 Å². The highest BCUT2D eigenvalue weighted by Gasteiger charge is 2.25. The van der Waals surface area contributed by atoms with Crippen molar-refractivity contribution in [2.45, 2.75) is 53.2 Å². The van der Waals surface area contributed by atoms with Gasteiger partial charge in [-0.1, -0.05) is 17.3 Å². The summed E-state index contributed by atoms with van der Waals surface area (Å²) in [6, 6.07) is 12.4. The van der Waals surface area contributed by atoms with E-state index < -0.39 is 12.1 Å². The van der Waals surface area contributed by atoms with Crippen LogP contribution in [0.4, 0.5) is 5.69 Å². The molecule has 2 heterocycles. The predicted octanol–water partition coefficient (Wildman–Crippen LogP) is 4.14. The van der Waals surface area contributed by atoms with Crippen molar-refractivity contribution in [3.8, 4) is 5.75 Å². The van der Waals surface area contributed by atoms with Crippen molar-refractivity contribution in [1.82, 2.24) is 5.16 Å². The summed E-state index contributed by atoms with van der Waals surface area (Å²) in [5.41, 5.74) is 4.70. The summed E-state index contributed by atoms with van der Waals surface area (Å²) >= 11 is 0. The second kappa shape index (κ2) is 10.1. The molecule has 1 aliphatic rings. The monoisotopic (exact) mass is 476 g/mol. The average Bonchev–Trinajstić information content (AvgIpc) is 3.40. The maximum atomic E-state index is 12.8. The molecule has 2 aromatic carbocycles. The minimum Gasteiger partial charge on any atom is -0.489 e. The third kappa shape index (κ3) is 5.42. The topological polar surface area (TPSA) is 98.9 Å². The van der Waals surface area contributed by atoms with Crippen LogP contribution in [0.25, 0.3) is 0 Å². The first kappa shape index (κ1) is 24.2. The highest BCUT2D eigenvalue weighted by molar-refractivity contribution is 6.02. The molecule has 1 aliphatic heterocycles. The van der Waals surface area contributed by atoms with Gasteiger partial charge < -0.3 is 18.9 Å².